The Bertz CT molecular complexity index is 1200. The molecular weight excluding hydrogens is 452 g/mol. The molecule has 1 atom stereocenters. The smallest absolute Gasteiger partial charge is 0.328 e. The number of hydrogen-bond donors (Lipinski definition) is 2. The van der Waals surface area contributed by atoms with E-state index in [1.165, 1.54) is 4.90 Å². The minimum absolute atomic E-state index is 0.104. The van der Waals surface area contributed by atoms with Gasteiger partial charge in [0.25, 0.3) is 0 Å². The van der Waals surface area contributed by atoms with Crippen molar-refractivity contribution in [3.63, 3.8) is 0 Å². The second-order valence-corrected chi connectivity index (χ2v) is 8.78. The van der Waals surface area contributed by atoms with Crippen molar-refractivity contribution < 1.29 is 14.7 Å². The van der Waals surface area contributed by atoms with Gasteiger partial charge in [0, 0.05) is 18.8 Å². The van der Waals surface area contributed by atoms with Crippen LogP contribution in [0, 0.1) is 0 Å². The van der Waals surface area contributed by atoms with Gasteiger partial charge in [0.05, 0.1) is 18.2 Å². The highest BCUT2D eigenvalue weighted by Gasteiger charge is 2.39. The Labute approximate surface area is 211 Å². The molecule has 0 saturated carbocycles. The van der Waals surface area contributed by atoms with Crippen molar-refractivity contribution in [3.05, 3.63) is 114 Å². The predicted molar refractivity (Wildman–Crippen MR) is 141 cm³/mol. The van der Waals surface area contributed by atoms with E-state index in [-0.39, 0.29) is 19.0 Å². The summed E-state index contributed by atoms with van der Waals surface area (Å²) in [7, 11) is 0. The van der Waals surface area contributed by atoms with E-state index in [1.54, 1.807) is 13.0 Å². The first-order valence-electron chi connectivity index (χ1n) is 11.9. The molecule has 1 amide bonds. The lowest BCUT2D eigenvalue weighted by Crippen LogP contribution is -2.60. The zero-order valence-electron chi connectivity index (χ0n) is 20.2. The molecule has 0 aliphatic carbocycles. The Morgan fingerprint density at radius 1 is 0.917 bits per heavy atom. The number of amidine groups is 1. The third-order valence-corrected chi connectivity index (χ3v) is 6.14. The largest absolute Gasteiger partial charge is 0.480 e. The molecule has 0 radical (unpaired) electrons. The molecule has 3 N–H and O–H groups in total. The fourth-order valence-corrected chi connectivity index (χ4v) is 4.43. The van der Waals surface area contributed by atoms with Crippen molar-refractivity contribution in [3.8, 4) is 0 Å². The molecule has 7 heteroatoms. The number of para-hydroxylation sites is 1. The van der Waals surface area contributed by atoms with Crippen LogP contribution in [0.3, 0.4) is 0 Å². The van der Waals surface area contributed by atoms with Crippen LogP contribution in [0.2, 0.25) is 0 Å². The molecule has 0 aromatic heterocycles. The highest BCUT2D eigenvalue weighted by molar-refractivity contribution is 5.97. The van der Waals surface area contributed by atoms with E-state index in [1.807, 2.05) is 95.9 Å². The van der Waals surface area contributed by atoms with E-state index < -0.39 is 17.9 Å². The number of carboxylic acid groups (broad SMARTS) is 1. The van der Waals surface area contributed by atoms with E-state index in [0.717, 1.165) is 16.8 Å². The van der Waals surface area contributed by atoms with E-state index in [0.29, 0.717) is 18.1 Å². The molecule has 4 rings (SSSR count). The van der Waals surface area contributed by atoms with Crippen LogP contribution in [0.5, 0.6) is 0 Å². The normalized spacial score (nSPS) is 16.8. The molecule has 0 unspecified atom stereocenters. The van der Waals surface area contributed by atoms with Crippen molar-refractivity contribution >= 4 is 23.4 Å². The summed E-state index contributed by atoms with van der Waals surface area (Å²) < 4.78 is 0. The summed E-state index contributed by atoms with van der Waals surface area (Å²) in [5.74, 6) is -1.31. The molecule has 0 bridgehead atoms. The number of carbonyl (C=O) groups excluding carboxylic acids is 1. The monoisotopic (exact) mass is 482 g/mol. The lowest BCUT2D eigenvalue weighted by atomic mass is 9.89. The number of nitrogens with two attached hydrogens (primary N) is 1. The number of aliphatic imine (C=N–C) groups is 1. The van der Waals surface area contributed by atoms with Crippen LogP contribution >= 0.6 is 0 Å². The molecule has 1 aliphatic heterocycles. The molecule has 7 nitrogen and oxygen atoms in total. The van der Waals surface area contributed by atoms with Crippen LogP contribution in [0.25, 0.3) is 0 Å². The number of rotatable bonds is 6. The van der Waals surface area contributed by atoms with Crippen LogP contribution in [0.4, 0.5) is 5.69 Å². The van der Waals surface area contributed by atoms with E-state index >= 15 is 0 Å². The first-order chi connectivity index (χ1) is 17.4. The zero-order chi connectivity index (χ0) is 25.5. The molecule has 1 heterocycles. The van der Waals surface area contributed by atoms with Crippen LogP contribution in [0.1, 0.15) is 24.0 Å². The van der Waals surface area contributed by atoms with Gasteiger partial charge in [0.15, 0.2) is 0 Å². The van der Waals surface area contributed by atoms with Gasteiger partial charge in [0.2, 0.25) is 5.91 Å². The molecular formula is C29H30N4O3. The minimum atomic E-state index is -1.06. The summed E-state index contributed by atoms with van der Waals surface area (Å²) in [5, 5.41) is 10.2. The lowest BCUT2D eigenvalue weighted by molar-refractivity contribution is -0.153. The standard InChI is InChI=1S/C29H30N4O3/c1-21(30)19-26(31-24-15-9-4-10-16-24)32-17-18-33(25(20-32)29(35)36)28(34)27(22-11-5-2-6-12-22)23-13-7-3-8-14-23/h2-16,19,25,27H,17-18,20,30H2,1H3,(H,35,36)/t25-/m0/s1. The molecule has 184 valence electrons. The first-order valence-corrected chi connectivity index (χ1v) is 11.9. The van der Waals surface area contributed by atoms with Crippen LogP contribution in [-0.4, -0.2) is 58.3 Å². The maximum absolute atomic E-state index is 13.9. The number of amides is 1. The Balaban J connectivity index is 1.65. The number of allylic oxidation sites excluding steroid dienone is 1. The third-order valence-electron chi connectivity index (χ3n) is 6.14. The lowest BCUT2D eigenvalue weighted by Gasteiger charge is -2.41. The molecule has 3 aromatic carbocycles. The van der Waals surface area contributed by atoms with Crippen molar-refractivity contribution in [2.24, 2.45) is 10.7 Å². The number of carboxylic acids is 1. The van der Waals surface area contributed by atoms with Crippen molar-refractivity contribution in [1.82, 2.24) is 9.80 Å². The first kappa shape index (κ1) is 24.7. The van der Waals surface area contributed by atoms with Gasteiger partial charge in [0.1, 0.15) is 11.9 Å². The van der Waals surface area contributed by atoms with E-state index in [9.17, 15) is 14.7 Å². The van der Waals surface area contributed by atoms with E-state index in [4.69, 9.17) is 10.7 Å². The SMILES string of the molecule is CC(N)=CC(=Nc1ccccc1)N1CCN(C(=O)C(c2ccccc2)c2ccccc2)[C@H](C(=O)O)C1. The Kier molecular flexibility index (Phi) is 7.80. The topological polar surface area (TPSA) is 99.2 Å². The number of piperazine rings is 1. The fraction of sp³-hybridized carbons (Fsp3) is 0.207. The second kappa shape index (κ2) is 11.4. The number of hydrogen-bond acceptors (Lipinski definition) is 4. The average Bonchev–Trinajstić information content (AvgIpc) is 2.89. The minimum Gasteiger partial charge on any atom is -0.480 e. The Hall–Kier alpha value is -4.39. The van der Waals surface area contributed by atoms with Gasteiger partial charge in [-0.05, 0) is 36.3 Å². The van der Waals surface area contributed by atoms with Crippen LogP contribution < -0.4 is 5.73 Å². The number of benzene rings is 3. The average molecular weight is 483 g/mol. The van der Waals surface area contributed by atoms with Crippen LogP contribution in [-0.2, 0) is 9.59 Å². The second-order valence-electron chi connectivity index (χ2n) is 8.78. The fourth-order valence-electron chi connectivity index (χ4n) is 4.43. The summed E-state index contributed by atoms with van der Waals surface area (Å²) >= 11 is 0. The van der Waals surface area contributed by atoms with Gasteiger partial charge in [-0.15, -0.1) is 0 Å². The number of aliphatic carboxylic acids is 1. The molecule has 3 aromatic rings. The molecule has 1 fully saturated rings. The van der Waals surface area contributed by atoms with E-state index in [2.05, 4.69) is 0 Å². The van der Waals surface area contributed by atoms with Crippen molar-refractivity contribution in [2.45, 2.75) is 18.9 Å². The molecule has 1 aliphatic rings. The highest BCUT2D eigenvalue weighted by atomic mass is 16.4. The summed E-state index contributed by atoms with van der Waals surface area (Å²) in [6.45, 7) is 2.55. The van der Waals surface area contributed by atoms with Crippen molar-refractivity contribution in [1.29, 1.82) is 0 Å². The summed E-state index contributed by atoms with van der Waals surface area (Å²) in [6.07, 6.45) is 1.74. The maximum Gasteiger partial charge on any atom is 0.328 e. The number of carbonyl (C=O) groups is 2. The molecule has 0 spiro atoms. The summed E-state index contributed by atoms with van der Waals surface area (Å²) in [4.78, 5) is 34.4. The van der Waals surface area contributed by atoms with Gasteiger partial charge in [-0.2, -0.15) is 0 Å². The predicted octanol–water partition coefficient (Wildman–Crippen LogP) is 4.01. The van der Waals surface area contributed by atoms with Gasteiger partial charge >= 0.3 is 5.97 Å². The number of nitrogens with zero attached hydrogens (tertiary/aromatic N) is 3. The highest BCUT2D eigenvalue weighted by Crippen LogP contribution is 2.29. The Morgan fingerprint density at radius 2 is 1.44 bits per heavy atom. The molecule has 1 saturated heterocycles. The summed E-state index contributed by atoms with van der Waals surface area (Å²) in [6, 6.07) is 27.4. The third kappa shape index (κ3) is 5.81. The van der Waals surface area contributed by atoms with Crippen molar-refractivity contribution in [2.75, 3.05) is 19.6 Å². The summed E-state index contributed by atoms with van der Waals surface area (Å²) in [5.41, 5.74) is 8.92. The Morgan fingerprint density at radius 3 is 1.94 bits per heavy atom. The molecule has 36 heavy (non-hydrogen) atoms. The van der Waals surface area contributed by atoms with Gasteiger partial charge in [-0.1, -0.05) is 78.9 Å². The van der Waals surface area contributed by atoms with Gasteiger partial charge in [-0.25, -0.2) is 9.79 Å². The maximum atomic E-state index is 13.9. The van der Waals surface area contributed by atoms with Crippen LogP contribution in [0.15, 0.2) is 108 Å². The van der Waals surface area contributed by atoms with Gasteiger partial charge in [-0.3, -0.25) is 4.79 Å². The zero-order valence-corrected chi connectivity index (χ0v) is 20.2. The quantitative estimate of drug-likeness (QED) is 0.409. The van der Waals surface area contributed by atoms with Gasteiger partial charge < -0.3 is 20.6 Å².